The van der Waals surface area contributed by atoms with Crippen LogP contribution >= 0.6 is 15.9 Å². The van der Waals surface area contributed by atoms with Gasteiger partial charge in [0.2, 0.25) is 0 Å². The lowest BCUT2D eigenvalue weighted by Gasteiger charge is -2.29. The molecule has 7 heteroatoms. The molecular weight excluding hydrogens is 331 g/mol. The highest BCUT2D eigenvalue weighted by Crippen LogP contribution is 2.25. The van der Waals surface area contributed by atoms with E-state index >= 15 is 0 Å². The number of hydrogen-bond donors (Lipinski definition) is 2. The summed E-state index contributed by atoms with van der Waals surface area (Å²) in [6.07, 6.45) is 0.647. The number of benzene rings is 1. The molecule has 2 amide bonds. The molecule has 1 heterocycles. The molecular formula is C13H14BrFN2O3. The van der Waals surface area contributed by atoms with Gasteiger partial charge in [0.05, 0.1) is 11.8 Å². The summed E-state index contributed by atoms with van der Waals surface area (Å²) in [5.41, 5.74) is -0.0663. The minimum absolute atomic E-state index is 0.0663. The van der Waals surface area contributed by atoms with Crippen LogP contribution in [0.5, 0.6) is 0 Å². The Balaban J connectivity index is 2.06. The summed E-state index contributed by atoms with van der Waals surface area (Å²) in [6.45, 7) is 0.548. The van der Waals surface area contributed by atoms with Crippen molar-refractivity contribution in [1.29, 1.82) is 0 Å². The highest BCUT2D eigenvalue weighted by molar-refractivity contribution is 9.10. The van der Waals surface area contributed by atoms with Gasteiger partial charge < -0.3 is 15.3 Å². The van der Waals surface area contributed by atoms with Crippen LogP contribution in [0, 0.1) is 5.82 Å². The summed E-state index contributed by atoms with van der Waals surface area (Å²) in [7, 11) is 0. The number of aliphatic hydroxyl groups excluding tert-OH is 1. The van der Waals surface area contributed by atoms with Gasteiger partial charge in [-0.25, -0.2) is 4.39 Å². The predicted molar refractivity (Wildman–Crippen MR) is 74.6 cm³/mol. The zero-order valence-corrected chi connectivity index (χ0v) is 12.2. The van der Waals surface area contributed by atoms with E-state index < -0.39 is 23.7 Å². The van der Waals surface area contributed by atoms with Crippen molar-refractivity contribution in [3.05, 3.63) is 28.5 Å². The first-order chi connectivity index (χ1) is 9.49. The average Bonchev–Trinajstić information content (AvgIpc) is 2.42. The summed E-state index contributed by atoms with van der Waals surface area (Å²) < 4.78 is 13.9. The zero-order chi connectivity index (χ0) is 14.7. The summed E-state index contributed by atoms with van der Waals surface area (Å²) in [5, 5.41) is 11.8. The Morgan fingerprint density at radius 2 is 2.20 bits per heavy atom. The molecule has 0 radical (unpaired) electrons. The standard InChI is InChI=1S/C13H14BrFN2O3/c14-9-4-1-5-10(15)11(9)16-12(19)13(20)17-6-2-3-8(18)7-17/h1,4-5,8,18H,2-3,6-7H2,(H,16,19). The van der Waals surface area contributed by atoms with E-state index in [2.05, 4.69) is 21.2 Å². The SMILES string of the molecule is O=C(Nc1c(F)cccc1Br)C(=O)N1CCCC(O)C1. The number of carbonyl (C=O) groups is 2. The van der Waals surface area contributed by atoms with Crippen LogP contribution in [0.2, 0.25) is 0 Å². The third-order valence-corrected chi connectivity index (χ3v) is 3.74. The van der Waals surface area contributed by atoms with Gasteiger partial charge in [0, 0.05) is 17.6 Å². The number of nitrogens with zero attached hydrogens (tertiary/aromatic N) is 1. The first kappa shape index (κ1) is 14.9. The largest absolute Gasteiger partial charge is 0.391 e. The molecule has 0 spiro atoms. The molecule has 2 N–H and O–H groups in total. The number of nitrogens with one attached hydrogen (secondary N) is 1. The number of carbonyl (C=O) groups excluding carboxylic acids is 2. The van der Waals surface area contributed by atoms with Crippen LogP contribution in [0.15, 0.2) is 22.7 Å². The Kier molecular flexibility index (Phi) is 4.72. The van der Waals surface area contributed by atoms with Crippen LogP contribution in [0.3, 0.4) is 0 Å². The number of halogens is 2. The number of β-amino-alcohol motifs (C(OH)–C–C–N with tert-alkyl or cyclic N) is 1. The van der Waals surface area contributed by atoms with Crippen LogP contribution in [-0.2, 0) is 9.59 Å². The summed E-state index contributed by atoms with van der Waals surface area (Å²) in [6, 6.07) is 4.24. The van der Waals surface area contributed by atoms with Crippen LogP contribution in [0.4, 0.5) is 10.1 Å². The van der Waals surface area contributed by atoms with E-state index in [0.717, 1.165) is 0 Å². The number of hydrogen-bond acceptors (Lipinski definition) is 3. The normalized spacial score (nSPS) is 18.8. The van der Waals surface area contributed by atoms with E-state index in [9.17, 15) is 19.1 Å². The Labute approximate surface area is 123 Å². The molecule has 1 unspecified atom stereocenters. The molecule has 1 aliphatic heterocycles. The van der Waals surface area contributed by atoms with Gasteiger partial charge >= 0.3 is 11.8 Å². The van der Waals surface area contributed by atoms with Crippen LogP contribution in [-0.4, -0.2) is 41.0 Å². The predicted octanol–water partition coefficient (Wildman–Crippen LogP) is 1.51. The number of rotatable bonds is 1. The van der Waals surface area contributed by atoms with Crippen molar-refractivity contribution in [3.63, 3.8) is 0 Å². The van der Waals surface area contributed by atoms with Gasteiger partial charge in [-0.05, 0) is 40.9 Å². The monoisotopic (exact) mass is 344 g/mol. The Hall–Kier alpha value is -1.47. The highest BCUT2D eigenvalue weighted by atomic mass is 79.9. The quantitative estimate of drug-likeness (QED) is 0.758. The van der Waals surface area contributed by atoms with Gasteiger partial charge in [-0.1, -0.05) is 6.07 Å². The maximum absolute atomic E-state index is 13.6. The number of anilines is 1. The maximum Gasteiger partial charge on any atom is 0.314 e. The Morgan fingerprint density at radius 1 is 1.45 bits per heavy atom. The molecule has 0 aromatic heterocycles. The first-order valence-electron chi connectivity index (χ1n) is 6.21. The Bertz CT molecular complexity index is 518. The molecule has 1 atom stereocenters. The van der Waals surface area contributed by atoms with Crippen molar-refractivity contribution >= 4 is 33.4 Å². The molecule has 1 aliphatic rings. The van der Waals surface area contributed by atoms with E-state index in [1.807, 2.05) is 0 Å². The lowest BCUT2D eigenvalue weighted by Crippen LogP contribution is -2.46. The van der Waals surface area contributed by atoms with Crippen LogP contribution in [0.1, 0.15) is 12.8 Å². The fourth-order valence-corrected chi connectivity index (χ4v) is 2.51. The third kappa shape index (κ3) is 3.34. The van der Waals surface area contributed by atoms with Gasteiger partial charge in [0.25, 0.3) is 0 Å². The van der Waals surface area contributed by atoms with E-state index in [-0.39, 0.29) is 12.2 Å². The van der Waals surface area contributed by atoms with E-state index in [1.165, 1.54) is 17.0 Å². The summed E-state index contributed by atoms with van der Waals surface area (Å²) in [5.74, 6) is -2.30. The second-order valence-electron chi connectivity index (χ2n) is 4.60. The summed E-state index contributed by atoms with van der Waals surface area (Å²) in [4.78, 5) is 25.1. The molecule has 5 nitrogen and oxygen atoms in total. The second kappa shape index (κ2) is 6.32. The molecule has 0 aliphatic carbocycles. The lowest BCUT2D eigenvalue weighted by atomic mass is 10.1. The minimum atomic E-state index is -0.912. The lowest BCUT2D eigenvalue weighted by molar-refractivity contribution is -0.145. The number of para-hydroxylation sites is 1. The van der Waals surface area contributed by atoms with Gasteiger partial charge in [0.1, 0.15) is 5.82 Å². The highest BCUT2D eigenvalue weighted by Gasteiger charge is 2.27. The molecule has 1 aromatic rings. The summed E-state index contributed by atoms with van der Waals surface area (Å²) >= 11 is 3.11. The van der Waals surface area contributed by atoms with Crippen LogP contribution < -0.4 is 5.32 Å². The molecule has 1 saturated heterocycles. The molecule has 0 bridgehead atoms. The van der Waals surface area contributed by atoms with Gasteiger partial charge in [-0.3, -0.25) is 9.59 Å². The maximum atomic E-state index is 13.6. The number of likely N-dealkylation sites (tertiary alicyclic amines) is 1. The van der Waals surface area contributed by atoms with E-state index in [1.54, 1.807) is 6.07 Å². The zero-order valence-electron chi connectivity index (χ0n) is 10.6. The second-order valence-corrected chi connectivity index (χ2v) is 5.45. The molecule has 0 saturated carbocycles. The fraction of sp³-hybridized carbons (Fsp3) is 0.385. The molecule has 20 heavy (non-hydrogen) atoms. The van der Waals surface area contributed by atoms with Crippen molar-refractivity contribution in [1.82, 2.24) is 4.90 Å². The molecule has 1 fully saturated rings. The van der Waals surface area contributed by atoms with Crippen molar-refractivity contribution in [3.8, 4) is 0 Å². The molecule has 1 aromatic carbocycles. The van der Waals surface area contributed by atoms with Crippen molar-refractivity contribution in [2.24, 2.45) is 0 Å². The van der Waals surface area contributed by atoms with Gasteiger partial charge in [0.15, 0.2) is 0 Å². The first-order valence-corrected chi connectivity index (χ1v) is 7.00. The van der Waals surface area contributed by atoms with Crippen molar-refractivity contribution in [2.75, 3.05) is 18.4 Å². The Morgan fingerprint density at radius 3 is 2.85 bits per heavy atom. The smallest absolute Gasteiger partial charge is 0.314 e. The number of piperidine rings is 1. The van der Waals surface area contributed by atoms with Crippen molar-refractivity contribution in [2.45, 2.75) is 18.9 Å². The number of aliphatic hydroxyl groups is 1. The molecule has 108 valence electrons. The third-order valence-electron chi connectivity index (χ3n) is 3.08. The van der Waals surface area contributed by atoms with Crippen LogP contribution in [0.25, 0.3) is 0 Å². The molecule has 2 rings (SSSR count). The van der Waals surface area contributed by atoms with Gasteiger partial charge in [-0.2, -0.15) is 0 Å². The van der Waals surface area contributed by atoms with E-state index in [4.69, 9.17) is 0 Å². The average molecular weight is 345 g/mol. The topological polar surface area (TPSA) is 69.6 Å². The van der Waals surface area contributed by atoms with Gasteiger partial charge in [-0.15, -0.1) is 0 Å². The van der Waals surface area contributed by atoms with E-state index in [0.29, 0.717) is 23.9 Å². The van der Waals surface area contributed by atoms with Crippen molar-refractivity contribution < 1.29 is 19.1 Å². The number of amides is 2. The minimum Gasteiger partial charge on any atom is -0.391 e. The fourth-order valence-electron chi connectivity index (χ4n) is 2.07.